The Morgan fingerprint density at radius 2 is 0.637 bits per heavy atom. The summed E-state index contributed by atoms with van der Waals surface area (Å²) >= 11 is 0. The Kier molecular flexibility index (Phi) is 14.8. The van der Waals surface area contributed by atoms with Crippen molar-refractivity contribution < 1.29 is 0 Å². The molecule has 0 radical (unpaired) electrons. The Bertz CT molecular complexity index is 7240. The molecule has 20 aromatic rings. The van der Waals surface area contributed by atoms with E-state index in [-0.39, 0.29) is 10.8 Å². The van der Waals surface area contributed by atoms with Crippen LogP contribution < -0.4 is 0 Å². The standard InChI is InChI=1S/C54H38N2.C53H36N4/c1-53(2)44-27-14-13-26-42(44)49-47(53)31-32-48-50(49)51(35-17-6-3-7-18-35)56-52(55-48)38-20-16-19-36(33-38)37-29-30-46-43(34-37)41-25-12-15-28-45(41)54(46,39-21-8-4-9-22-39)40-23-10-5-11-24-40;1-53(2)42-22-12-9-21-39(42)49-43(53)27-28-44-50(49)51(33-15-5-3-6-16-33)55-52(54-44)57-46-24-14-11-20-38(46)41-32-35(26-30-48(41)57)34-25-29-47-40(31-34)37-19-10-13-23-45(37)56(47)36-17-7-4-8-18-36/h3-34H,1-2H3;3-32H,1-2H3. The minimum absolute atomic E-state index is 0.112. The lowest BCUT2D eigenvalue weighted by atomic mass is 9.67. The van der Waals surface area contributed by atoms with Crippen molar-refractivity contribution in [2.24, 2.45) is 0 Å². The molecular weight excluding hydrogens is 1370 g/mol. The lowest BCUT2D eigenvalue weighted by molar-refractivity contribution is 0.660. The molecule has 0 atom stereocenters. The van der Waals surface area contributed by atoms with Gasteiger partial charge in [-0.3, -0.25) is 4.57 Å². The van der Waals surface area contributed by atoms with Gasteiger partial charge in [-0.25, -0.2) is 19.9 Å². The number of rotatable bonds is 9. The maximum absolute atomic E-state index is 5.53. The second-order valence-corrected chi connectivity index (χ2v) is 31.5. The highest BCUT2D eigenvalue weighted by atomic mass is 15.2. The van der Waals surface area contributed by atoms with Crippen LogP contribution >= 0.6 is 0 Å². The summed E-state index contributed by atoms with van der Waals surface area (Å²) in [6.07, 6.45) is 0. The Hall–Kier alpha value is -14.2. The SMILES string of the molecule is CC1(C)c2ccccc2-c2c1ccc1nc(-c3cccc(-c4ccc5c(c4)-c4ccccc4C5(c4ccccc4)c4ccccc4)c3)nc(-c3ccccc3)c21.CC1(C)c2ccccc2-c2c1ccc1nc(-n3c4ccccc4c4cc(-c5ccc6c(c5)c5ccccc5n6-c5ccccc5)ccc43)nc(-c3ccccc3)c21. The number of hydrogen-bond donors (Lipinski definition) is 0. The molecule has 0 aliphatic heterocycles. The Morgan fingerprint density at radius 3 is 1.21 bits per heavy atom. The maximum atomic E-state index is 5.53. The van der Waals surface area contributed by atoms with E-state index in [1.807, 2.05) is 0 Å². The molecule has 6 heteroatoms. The van der Waals surface area contributed by atoms with Gasteiger partial charge in [0.25, 0.3) is 0 Å². The molecule has 3 aliphatic rings. The summed E-state index contributed by atoms with van der Waals surface area (Å²) < 4.78 is 4.62. The van der Waals surface area contributed by atoms with Gasteiger partial charge in [0.05, 0.1) is 49.9 Å². The van der Waals surface area contributed by atoms with Crippen molar-refractivity contribution in [2.45, 2.75) is 43.9 Å². The third-order valence-corrected chi connectivity index (χ3v) is 24.7. The van der Waals surface area contributed by atoms with E-state index in [1.165, 1.54) is 122 Å². The number of para-hydroxylation sites is 3. The molecule has 0 amide bonds. The van der Waals surface area contributed by atoms with Gasteiger partial charge >= 0.3 is 0 Å². The van der Waals surface area contributed by atoms with E-state index < -0.39 is 5.41 Å². The van der Waals surface area contributed by atoms with Gasteiger partial charge in [0.2, 0.25) is 5.95 Å². The summed E-state index contributed by atoms with van der Waals surface area (Å²) in [5.74, 6) is 1.39. The fraction of sp³-hybridized carbons (Fsp3) is 0.0654. The number of aromatic nitrogens is 6. The summed E-state index contributed by atoms with van der Waals surface area (Å²) in [5, 5.41) is 7.05. The van der Waals surface area contributed by atoms with Crippen LogP contribution in [0.15, 0.2) is 376 Å². The van der Waals surface area contributed by atoms with Crippen molar-refractivity contribution in [1.82, 2.24) is 29.1 Å². The predicted octanol–water partition coefficient (Wildman–Crippen LogP) is 26.8. The quantitative estimate of drug-likeness (QED) is 0.144. The van der Waals surface area contributed by atoms with Crippen molar-refractivity contribution in [1.29, 1.82) is 0 Å². The zero-order valence-electron chi connectivity index (χ0n) is 63.0. The van der Waals surface area contributed by atoms with Gasteiger partial charge in [-0.05, 0) is 173 Å². The van der Waals surface area contributed by atoms with E-state index in [9.17, 15) is 0 Å². The first kappa shape index (κ1) is 65.8. The van der Waals surface area contributed by atoms with Crippen LogP contribution in [0.2, 0.25) is 0 Å². The zero-order chi connectivity index (χ0) is 75.3. The molecule has 4 aromatic heterocycles. The average Bonchev–Trinajstić information content (AvgIpc) is 1.56. The minimum Gasteiger partial charge on any atom is -0.309 e. The van der Waals surface area contributed by atoms with E-state index in [0.717, 1.165) is 83.6 Å². The van der Waals surface area contributed by atoms with Gasteiger partial charge in [0.1, 0.15) is 0 Å². The van der Waals surface area contributed by atoms with E-state index in [0.29, 0.717) is 5.95 Å². The molecule has 532 valence electrons. The molecule has 0 saturated carbocycles. The Morgan fingerprint density at radius 1 is 0.239 bits per heavy atom. The van der Waals surface area contributed by atoms with Crippen molar-refractivity contribution in [3.05, 3.63) is 421 Å². The molecule has 0 spiro atoms. The maximum Gasteiger partial charge on any atom is 0.235 e. The number of benzene rings is 16. The van der Waals surface area contributed by atoms with Gasteiger partial charge in [0.15, 0.2) is 5.82 Å². The third-order valence-electron chi connectivity index (χ3n) is 24.7. The first-order valence-electron chi connectivity index (χ1n) is 39.2. The Balaban J connectivity index is 0.000000138. The zero-order valence-corrected chi connectivity index (χ0v) is 63.0. The van der Waals surface area contributed by atoms with Crippen LogP contribution in [-0.4, -0.2) is 29.1 Å². The van der Waals surface area contributed by atoms with E-state index in [2.05, 4.69) is 413 Å². The van der Waals surface area contributed by atoms with E-state index in [4.69, 9.17) is 19.9 Å². The van der Waals surface area contributed by atoms with Crippen LogP contribution in [0.1, 0.15) is 72.2 Å². The molecule has 6 nitrogen and oxygen atoms in total. The lowest BCUT2D eigenvalue weighted by Gasteiger charge is -2.33. The largest absolute Gasteiger partial charge is 0.309 e. The highest BCUT2D eigenvalue weighted by Gasteiger charge is 2.46. The van der Waals surface area contributed by atoms with Crippen LogP contribution in [0.5, 0.6) is 0 Å². The monoisotopic (exact) mass is 1440 g/mol. The topological polar surface area (TPSA) is 61.4 Å². The molecule has 3 aliphatic carbocycles. The van der Waals surface area contributed by atoms with Crippen molar-refractivity contribution >= 4 is 65.4 Å². The highest BCUT2D eigenvalue weighted by molar-refractivity contribution is 6.14. The first-order chi connectivity index (χ1) is 55.6. The van der Waals surface area contributed by atoms with Crippen LogP contribution in [0.25, 0.3) is 167 Å². The summed E-state index contributed by atoms with van der Waals surface area (Å²) in [4.78, 5) is 21.7. The van der Waals surface area contributed by atoms with Crippen LogP contribution in [0.3, 0.4) is 0 Å². The molecule has 23 rings (SSSR count). The minimum atomic E-state index is -0.419. The summed E-state index contributed by atoms with van der Waals surface area (Å²) in [6.45, 7) is 9.31. The molecular formula is C107H74N6. The normalized spacial score (nSPS) is 13.7. The predicted molar refractivity (Wildman–Crippen MR) is 467 cm³/mol. The molecule has 4 heterocycles. The molecule has 0 fully saturated rings. The third kappa shape index (κ3) is 9.99. The smallest absolute Gasteiger partial charge is 0.235 e. The van der Waals surface area contributed by atoms with Gasteiger partial charge in [0, 0.05) is 65.5 Å². The molecule has 16 aromatic carbocycles. The number of nitrogens with zero attached hydrogens (tertiary/aromatic N) is 6. The van der Waals surface area contributed by atoms with Gasteiger partial charge in [-0.15, -0.1) is 0 Å². The first-order valence-corrected chi connectivity index (χ1v) is 39.2. The van der Waals surface area contributed by atoms with Crippen LogP contribution in [-0.2, 0) is 16.2 Å². The van der Waals surface area contributed by atoms with Gasteiger partial charge < -0.3 is 4.57 Å². The van der Waals surface area contributed by atoms with Crippen LogP contribution in [0.4, 0.5) is 0 Å². The second kappa shape index (κ2) is 25.4. The van der Waals surface area contributed by atoms with Crippen molar-refractivity contribution in [3.8, 4) is 101 Å². The summed E-state index contributed by atoms with van der Waals surface area (Å²) in [7, 11) is 0. The Labute approximate surface area is 656 Å². The molecule has 113 heavy (non-hydrogen) atoms. The molecule has 0 saturated heterocycles. The van der Waals surface area contributed by atoms with Gasteiger partial charge in [-0.1, -0.05) is 331 Å². The summed E-state index contributed by atoms with van der Waals surface area (Å²) in [6, 6.07) is 136. The van der Waals surface area contributed by atoms with E-state index in [1.54, 1.807) is 0 Å². The number of fused-ring (bicyclic) bond motifs is 19. The fourth-order valence-corrected chi connectivity index (χ4v) is 19.5. The van der Waals surface area contributed by atoms with E-state index >= 15 is 0 Å². The summed E-state index contributed by atoms with van der Waals surface area (Å²) in [5.41, 5.74) is 34.8. The van der Waals surface area contributed by atoms with Gasteiger partial charge in [-0.2, -0.15) is 0 Å². The fourth-order valence-electron chi connectivity index (χ4n) is 19.5. The lowest BCUT2D eigenvalue weighted by Crippen LogP contribution is -2.28. The van der Waals surface area contributed by atoms with Crippen molar-refractivity contribution in [2.75, 3.05) is 0 Å². The molecule has 0 bridgehead atoms. The molecule has 0 unspecified atom stereocenters. The number of hydrogen-bond acceptors (Lipinski definition) is 4. The molecule has 0 N–H and O–H groups in total. The highest BCUT2D eigenvalue weighted by Crippen LogP contribution is 2.58. The second-order valence-electron chi connectivity index (χ2n) is 31.5. The van der Waals surface area contributed by atoms with Crippen LogP contribution in [0, 0.1) is 0 Å². The average molecular weight is 1440 g/mol. The van der Waals surface area contributed by atoms with Crippen molar-refractivity contribution in [3.63, 3.8) is 0 Å².